The van der Waals surface area contributed by atoms with Crippen LogP contribution in [0, 0.1) is 0 Å². The summed E-state index contributed by atoms with van der Waals surface area (Å²) in [4.78, 5) is 12.8. The molecule has 0 unspecified atom stereocenters. The van der Waals surface area contributed by atoms with Gasteiger partial charge in [0.1, 0.15) is 0 Å². The fourth-order valence-corrected chi connectivity index (χ4v) is 2.30. The average Bonchev–Trinajstić information content (AvgIpc) is 2.40. The number of carboxylic acid groups (broad SMARTS) is 1. The van der Waals surface area contributed by atoms with Crippen LogP contribution >= 0.6 is 0 Å². The first kappa shape index (κ1) is 13.8. The fourth-order valence-electron chi connectivity index (χ4n) is 2.30. The van der Waals surface area contributed by atoms with E-state index in [1.54, 1.807) is 6.08 Å². The van der Waals surface area contributed by atoms with Crippen LogP contribution in [0.3, 0.4) is 0 Å². The molecule has 0 aliphatic carbocycles. The SMILES string of the molecule is O=C(O)C=Cc1cccc(CN2CCC(O)CC2)c1. The zero-order valence-corrected chi connectivity index (χ0v) is 10.8. The summed E-state index contributed by atoms with van der Waals surface area (Å²) in [5, 5.41) is 18.1. The molecule has 102 valence electrons. The van der Waals surface area contributed by atoms with Crippen molar-refractivity contribution in [2.45, 2.75) is 25.5 Å². The number of hydrogen-bond acceptors (Lipinski definition) is 3. The molecule has 1 aromatic rings. The van der Waals surface area contributed by atoms with Crippen LogP contribution in [0.4, 0.5) is 0 Å². The molecule has 4 heteroatoms. The lowest BCUT2D eigenvalue weighted by Crippen LogP contribution is -2.35. The third-order valence-electron chi connectivity index (χ3n) is 3.33. The largest absolute Gasteiger partial charge is 0.478 e. The van der Waals surface area contributed by atoms with Crippen LogP contribution < -0.4 is 0 Å². The zero-order chi connectivity index (χ0) is 13.7. The van der Waals surface area contributed by atoms with Crippen LogP contribution in [0.15, 0.2) is 30.3 Å². The monoisotopic (exact) mass is 261 g/mol. The molecule has 2 N–H and O–H groups in total. The number of aliphatic hydroxyl groups is 1. The van der Waals surface area contributed by atoms with Crippen molar-refractivity contribution < 1.29 is 15.0 Å². The number of carboxylic acids is 1. The van der Waals surface area contributed by atoms with E-state index in [0.29, 0.717) is 0 Å². The van der Waals surface area contributed by atoms with Crippen molar-refractivity contribution in [2.75, 3.05) is 13.1 Å². The van der Waals surface area contributed by atoms with Gasteiger partial charge in [0, 0.05) is 25.7 Å². The molecule has 0 radical (unpaired) electrons. The number of piperidine rings is 1. The smallest absolute Gasteiger partial charge is 0.328 e. The first-order valence-electron chi connectivity index (χ1n) is 6.54. The Bertz CT molecular complexity index is 462. The van der Waals surface area contributed by atoms with Crippen LogP contribution in [0.5, 0.6) is 0 Å². The van der Waals surface area contributed by atoms with Crippen LogP contribution in [0.1, 0.15) is 24.0 Å². The first-order chi connectivity index (χ1) is 9.13. The highest BCUT2D eigenvalue weighted by Crippen LogP contribution is 2.15. The highest BCUT2D eigenvalue weighted by Gasteiger charge is 2.16. The number of hydrogen-bond donors (Lipinski definition) is 2. The summed E-state index contributed by atoms with van der Waals surface area (Å²) in [7, 11) is 0. The van der Waals surface area contributed by atoms with Gasteiger partial charge in [0.2, 0.25) is 0 Å². The molecule has 0 bridgehead atoms. The number of likely N-dealkylation sites (tertiary alicyclic amines) is 1. The van der Waals surface area contributed by atoms with E-state index in [1.807, 2.05) is 24.3 Å². The molecule has 1 heterocycles. The van der Waals surface area contributed by atoms with Crippen LogP contribution in [-0.4, -0.2) is 40.3 Å². The Hall–Kier alpha value is -1.65. The van der Waals surface area contributed by atoms with Crippen LogP contribution in [0.25, 0.3) is 6.08 Å². The Morgan fingerprint density at radius 1 is 1.37 bits per heavy atom. The van der Waals surface area contributed by atoms with Crippen molar-refractivity contribution in [1.82, 2.24) is 4.90 Å². The van der Waals surface area contributed by atoms with E-state index < -0.39 is 5.97 Å². The summed E-state index contributed by atoms with van der Waals surface area (Å²) in [6.45, 7) is 2.67. The lowest BCUT2D eigenvalue weighted by molar-refractivity contribution is -0.131. The van der Waals surface area contributed by atoms with Gasteiger partial charge < -0.3 is 10.2 Å². The topological polar surface area (TPSA) is 60.8 Å². The molecule has 19 heavy (non-hydrogen) atoms. The average molecular weight is 261 g/mol. The minimum Gasteiger partial charge on any atom is -0.478 e. The number of benzene rings is 1. The number of aliphatic hydroxyl groups excluding tert-OH is 1. The molecule has 1 saturated heterocycles. The molecule has 0 spiro atoms. The molecule has 1 aliphatic rings. The van der Waals surface area contributed by atoms with Crippen LogP contribution in [-0.2, 0) is 11.3 Å². The van der Waals surface area contributed by atoms with Gasteiger partial charge in [-0.3, -0.25) is 4.90 Å². The van der Waals surface area contributed by atoms with Crippen molar-refractivity contribution in [3.8, 4) is 0 Å². The highest BCUT2D eigenvalue weighted by atomic mass is 16.4. The van der Waals surface area contributed by atoms with Crippen molar-refractivity contribution in [3.05, 3.63) is 41.5 Å². The Balaban J connectivity index is 1.97. The van der Waals surface area contributed by atoms with Crippen molar-refractivity contribution in [3.63, 3.8) is 0 Å². The molecule has 2 rings (SSSR count). The molecule has 0 saturated carbocycles. The number of aliphatic carboxylic acids is 1. The molecule has 0 atom stereocenters. The minimum atomic E-state index is -0.935. The Morgan fingerprint density at radius 3 is 2.79 bits per heavy atom. The summed E-state index contributed by atoms with van der Waals surface area (Å²) in [5.41, 5.74) is 2.07. The molecule has 0 amide bonds. The van der Waals surface area contributed by atoms with Gasteiger partial charge in [-0.15, -0.1) is 0 Å². The van der Waals surface area contributed by atoms with Crippen molar-refractivity contribution in [2.24, 2.45) is 0 Å². The van der Waals surface area contributed by atoms with Gasteiger partial charge in [-0.2, -0.15) is 0 Å². The quantitative estimate of drug-likeness (QED) is 0.810. The maximum absolute atomic E-state index is 10.5. The van der Waals surface area contributed by atoms with Crippen molar-refractivity contribution in [1.29, 1.82) is 0 Å². The lowest BCUT2D eigenvalue weighted by atomic mass is 10.1. The Labute approximate surface area is 113 Å². The molecular weight excluding hydrogens is 242 g/mol. The molecular formula is C15H19NO3. The summed E-state index contributed by atoms with van der Waals surface area (Å²) in [6.07, 6.45) is 4.26. The van der Waals surface area contributed by atoms with Crippen LogP contribution in [0.2, 0.25) is 0 Å². The van der Waals surface area contributed by atoms with Crippen molar-refractivity contribution >= 4 is 12.0 Å². The van der Waals surface area contributed by atoms with Gasteiger partial charge in [-0.05, 0) is 30.0 Å². The molecule has 4 nitrogen and oxygen atoms in total. The normalized spacial score (nSPS) is 17.9. The number of carbonyl (C=O) groups is 1. The summed E-state index contributed by atoms with van der Waals surface area (Å²) in [6, 6.07) is 7.88. The van der Waals surface area contributed by atoms with E-state index in [-0.39, 0.29) is 6.10 Å². The van der Waals surface area contributed by atoms with E-state index in [9.17, 15) is 9.90 Å². The summed E-state index contributed by atoms with van der Waals surface area (Å²) >= 11 is 0. The van der Waals surface area contributed by atoms with E-state index in [1.165, 1.54) is 5.56 Å². The first-order valence-corrected chi connectivity index (χ1v) is 6.54. The second-order valence-corrected chi connectivity index (χ2v) is 4.92. The van der Waals surface area contributed by atoms with Gasteiger partial charge >= 0.3 is 5.97 Å². The third-order valence-corrected chi connectivity index (χ3v) is 3.33. The highest BCUT2D eigenvalue weighted by molar-refractivity contribution is 5.85. The molecule has 1 aliphatic heterocycles. The Kier molecular flexibility index (Phi) is 4.71. The van der Waals surface area contributed by atoms with Gasteiger partial charge in [-0.25, -0.2) is 4.79 Å². The predicted molar refractivity (Wildman–Crippen MR) is 73.6 cm³/mol. The third kappa shape index (κ3) is 4.50. The van der Waals surface area contributed by atoms with Gasteiger partial charge in [-0.1, -0.05) is 24.3 Å². The summed E-state index contributed by atoms with van der Waals surface area (Å²) < 4.78 is 0. The molecule has 1 fully saturated rings. The number of nitrogens with zero attached hydrogens (tertiary/aromatic N) is 1. The van der Waals surface area contributed by atoms with E-state index in [2.05, 4.69) is 4.90 Å². The zero-order valence-electron chi connectivity index (χ0n) is 10.8. The van der Waals surface area contributed by atoms with E-state index in [4.69, 9.17) is 5.11 Å². The number of rotatable bonds is 4. The molecule has 0 aromatic heterocycles. The second kappa shape index (κ2) is 6.50. The standard InChI is InChI=1S/C15H19NO3/c17-14-6-8-16(9-7-14)11-13-3-1-2-12(10-13)4-5-15(18)19/h1-5,10,14,17H,6-9,11H2,(H,18,19). The summed E-state index contributed by atoms with van der Waals surface area (Å²) in [5.74, 6) is -0.935. The van der Waals surface area contributed by atoms with Gasteiger partial charge in [0.25, 0.3) is 0 Å². The molecule has 1 aromatic carbocycles. The second-order valence-electron chi connectivity index (χ2n) is 4.92. The van der Waals surface area contributed by atoms with Gasteiger partial charge in [0.05, 0.1) is 6.10 Å². The maximum atomic E-state index is 10.5. The lowest BCUT2D eigenvalue weighted by Gasteiger charge is -2.29. The van der Waals surface area contributed by atoms with E-state index in [0.717, 1.165) is 44.1 Å². The maximum Gasteiger partial charge on any atom is 0.328 e. The predicted octanol–water partition coefficient (Wildman–Crippen LogP) is 1.74. The fraction of sp³-hybridized carbons (Fsp3) is 0.400. The minimum absolute atomic E-state index is 0.152. The van der Waals surface area contributed by atoms with E-state index >= 15 is 0 Å². The van der Waals surface area contributed by atoms with Gasteiger partial charge in [0.15, 0.2) is 0 Å². The Morgan fingerprint density at radius 2 is 2.11 bits per heavy atom.